The van der Waals surface area contributed by atoms with Crippen LogP contribution in [0.4, 0.5) is 0 Å². The van der Waals surface area contributed by atoms with Crippen molar-refractivity contribution in [2.45, 2.75) is 45.7 Å². The van der Waals surface area contributed by atoms with Gasteiger partial charge in [0.15, 0.2) is 0 Å². The van der Waals surface area contributed by atoms with E-state index in [9.17, 15) is 4.79 Å². The maximum absolute atomic E-state index is 12.5. The highest BCUT2D eigenvalue weighted by Crippen LogP contribution is 2.21. The zero-order chi connectivity index (χ0) is 13.7. The number of carbonyl (C=O) groups excluding carboxylic acids is 1. The van der Waals surface area contributed by atoms with E-state index < -0.39 is 0 Å². The fourth-order valence-electron chi connectivity index (χ4n) is 2.71. The fourth-order valence-corrected chi connectivity index (χ4v) is 2.71. The Hall–Kier alpha value is -1.29. The maximum atomic E-state index is 12.5. The lowest BCUT2D eigenvalue weighted by Gasteiger charge is -2.32. The van der Waals surface area contributed by atoms with Crippen LogP contribution in [0.1, 0.15) is 38.9 Å². The molecule has 2 unspecified atom stereocenters. The van der Waals surface area contributed by atoms with E-state index in [4.69, 9.17) is 4.42 Å². The van der Waals surface area contributed by atoms with Crippen molar-refractivity contribution in [3.63, 3.8) is 0 Å². The number of nitrogens with one attached hydrogen (secondary N) is 1. The first-order valence-electron chi connectivity index (χ1n) is 7.29. The van der Waals surface area contributed by atoms with Crippen LogP contribution in [0.15, 0.2) is 22.8 Å². The molecule has 1 aliphatic heterocycles. The van der Waals surface area contributed by atoms with Gasteiger partial charge in [0.2, 0.25) is 5.91 Å². The molecule has 4 heteroatoms. The van der Waals surface area contributed by atoms with E-state index in [0.29, 0.717) is 19.0 Å². The minimum absolute atomic E-state index is 0.0198. The lowest BCUT2D eigenvalue weighted by atomic mass is 9.90. The zero-order valence-electron chi connectivity index (χ0n) is 11.9. The molecule has 1 aromatic rings. The standard InChI is InChI=1S/C15H24N2O2/c1-3-12-7-8-16-14(10-12)15(18)17(4-2)11-13-6-5-9-19-13/h5-6,9,12,14,16H,3-4,7-8,10-11H2,1-2H3. The van der Waals surface area contributed by atoms with Crippen LogP contribution in [0.2, 0.25) is 0 Å². The highest BCUT2D eigenvalue weighted by Gasteiger charge is 2.29. The number of nitrogens with zero attached hydrogens (tertiary/aromatic N) is 1. The van der Waals surface area contributed by atoms with Crippen LogP contribution in [-0.2, 0) is 11.3 Å². The third-order valence-corrected chi connectivity index (χ3v) is 4.01. The number of carbonyl (C=O) groups is 1. The van der Waals surface area contributed by atoms with Gasteiger partial charge >= 0.3 is 0 Å². The first-order chi connectivity index (χ1) is 9.24. The topological polar surface area (TPSA) is 45.5 Å². The lowest BCUT2D eigenvalue weighted by Crippen LogP contribution is -2.50. The number of piperidine rings is 1. The number of hydrogen-bond acceptors (Lipinski definition) is 3. The van der Waals surface area contributed by atoms with Gasteiger partial charge < -0.3 is 14.6 Å². The fraction of sp³-hybridized carbons (Fsp3) is 0.667. The van der Waals surface area contributed by atoms with Crippen molar-refractivity contribution in [3.05, 3.63) is 24.2 Å². The van der Waals surface area contributed by atoms with Crippen molar-refractivity contribution < 1.29 is 9.21 Å². The first-order valence-corrected chi connectivity index (χ1v) is 7.29. The average Bonchev–Trinajstić information content (AvgIpc) is 2.97. The van der Waals surface area contributed by atoms with Crippen molar-refractivity contribution >= 4 is 5.91 Å². The van der Waals surface area contributed by atoms with E-state index in [1.54, 1.807) is 6.26 Å². The third kappa shape index (κ3) is 3.60. The van der Waals surface area contributed by atoms with Gasteiger partial charge in [-0.2, -0.15) is 0 Å². The first kappa shape index (κ1) is 14.1. The van der Waals surface area contributed by atoms with E-state index in [1.807, 2.05) is 24.0 Å². The molecule has 4 nitrogen and oxygen atoms in total. The second kappa shape index (κ2) is 6.75. The highest BCUT2D eigenvalue weighted by atomic mass is 16.3. The molecule has 0 radical (unpaired) electrons. The number of likely N-dealkylation sites (N-methyl/N-ethyl adjacent to an activating group) is 1. The number of furan rings is 1. The van der Waals surface area contributed by atoms with Crippen molar-refractivity contribution in [1.82, 2.24) is 10.2 Å². The molecule has 1 N–H and O–H groups in total. The van der Waals surface area contributed by atoms with Crippen molar-refractivity contribution in [2.75, 3.05) is 13.1 Å². The lowest BCUT2D eigenvalue weighted by molar-refractivity contribution is -0.135. The summed E-state index contributed by atoms with van der Waals surface area (Å²) in [5, 5.41) is 3.36. The minimum Gasteiger partial charge on any atom is -0.467 e. The second-order valence-electron chi connectivity index (χ2n) is 5.24. The molecule has 106 valence electrons. The molecule has 0 aromatic carbocycles. The molecule has 1 fully saturated rings. The highest BCUT2D eigenvalue weighted by molar-refractivity contribution is 5.82. The monoisotopic (exact) mass is 264 g/mol. The molecule has 0 bridgehead atoms. The van der Waals surface area contributed by atoms with Crippen LogP contribution in [0.3, 0.4) is 0 Å². The normalized spacial score (nSPS) is 23.3. The molecule has 2 heterocycles. The van der Waals surface area contributed by atoms with E-state index >= 15 is 0 Å². The summed E-state index contributed by atoms with van der Waals surface area (Å²) >= 11 is 0. The van der Waals surface area contributed by atoms with Crippen LogP contribution in [0.5, 0.6) is 0 Å². The summed E-state index contributed by atoms with van der Waals surface area (Å²) in [5.74, 6) is 1.73. The van der Waals surface area contributed by atoms with Gasteiger partial charge in [0.1, 0.15) is 5.76 Å². The maximum Gasteiger partial charge on any atom is 0.240 e. The third-order valence-electron chi connectivity index (χ3n) is 4.01. The minimum atomic E-state index is -0.0198. The largest absolute Gasteiger partial charge is 0.467 e. The molecule has 2 rings (SSSR count). The Kier molecular flexibility index (Phi) is 5.02. The van der Waals surface area contributed by atoms with Gasteiger partial charge in [-0.25, -0.2) is 0 Å². The predicted octanol–water partition coefficient (Wildman–Crippen LogP) is 2.41. The van der Waals surface area contributed by atoms with Crippen LogP contribution in [0, 0.1) is 5.92 Å². The van der Waals surface area contributed by atoms with E-state index in [0.717, 1.165) is 25.1 Å². The summed E-state index contributed by atoms with van der Waals surface area (Å²) in [6.07, 6.45) is 4.96. The molecule has 2 atom stereocenters. The Morgan fingerprint density at radius 1 is 1.53 bits per heavy atom. The van der Waals surface area contributed by atoms with E-state index in [-0.39, 0.29) is 11.9 Å². The summed E-state index contributed by atoms with van der Waals surface area (Å²) in [4.78, 5) is 14.4. The van der Waals surface area contributed by atoms with Gasteiger partial charge in [-0.1, -0.05) is 13.3 Å². The van der Waals surface area contributed by atoms with Crippen LogP contribution in [0.25, 0.3) is 0 Å². The Morgan fingerprint density at radius 3 is 3.00 bits per heavy atom. The molecule has 0 spiro atoms. The molecule has 1 aromatic heterocycles. The van der Waals surface area contributed by atoms with Crippen LogP contribution >= 0.6 is 0 Å². The predicted molar refractivity (Wildman–Crippen MR) is 74.6 cm³/mol. The van der Waals surface area contributed by atoms with Crippen molar-refractivity contribution in [2.24, 2.45) is 5.92 Å². The molecule has 1 aliphatic rings. The van der Waals surface area contributed by atoms with E-state index in [1.165, 1.54) is 6.42 Å². The molecule has 0 saturated carbocycles. The Morgan fingerprint density at radius 2 is 2.37 bits per heavy atom. The van der Waals surface area contributed by atoms with Crippen molar-refractivity contribution in [3.8, 4) is 0 Å². The smallest absolute Gasteiger partial charge is 0.240 e. The number of rotatable bonds is 5. The molecule has 0 aliphatic carbocycles. The molecular weight excluding hydrogens is 240 g/mol. The number of hydrogen-bond donors (Lipinski definition) is 1. The van der Waals surface area contributed by atoms with Gasteiger partial charge in [0, 0.05) is 6.54 Å². The Balaban J connectivity index is 1.95. The van der Waals surface area contributed by atoms with Gasteiger partial charge in [0.25, 0.3) is 0 Å². The van der Waals surface area contributed by atoms with Gasteiger partial charge in [-0.05, 0) is 44.4 Å². The van der Waals surface area contributed by atoms with Gasteiger partial charge in [0.05, 0.1) is 18.8 Å². The summed E-state index contributed by atoms with van der Waals surface area (Å²) in [6, 6.07) is 3.76. The summed E-state index contributed by atoms with van der Waals surface area (Å²) in [5.41, 5.74) is 0. The molecule has 1 saturated heterocycles. The molecular formula is C15H24N2O2. The van der Waals surface area contributed by atoms with Crippen LogP contribution in [-0.4, -0.2) is 29.9 Å². The average molecular weight is 264 g/mol. The zero-order valence-corrected chi connectivity index (χ0v) is 11.9. The SMILES string of the molecule is CCC1CCNC(C(=O)N(CC)Cc2ccco2)C1. The Labute approximate surface area is 115 Å². The van der Waals surface area contributed by atoms with Gasteiger partial charge in [-0.15, -0.1) is 0 Å². The summed E-state index contributed by atoms with van der Waals surface area (Å²) < 4.78 is 5.33. The molecule has 19 heavy (non-hydrogen) atoms. The van der Waals surface area contributed by atoms with Gasteiger partial charge in [-0.3, -0.25) is 4.79 Å². The van der Waals surface area contributed by atoms with E-state index in [2.05, 4.69) is 12.2 Å². The summed E-state index contributed by atoms with van der Waals surface area (Å²) in [7, 11) is 0. The Bertz CT molecular complexity index is 389. The quantitative estimate of drug-likeness (QED) is 0.888. The molecule has 1 amide bonds. The second-order valence-corrected chi connectivity index (χ2v) is 5.24. The summed E-state index contributed by atoms with van der Waals surface area (Å²) in [6.45, 7) is 6.46. The number of amides is 1. The van der Waals surface area contributed by atoms with Crippen LogP contribution < -0.4 is 5.32 Å². The van der Waals surface area contributed by atoms with Crippen molar-refractivity contribution in [1.29, 1.82) is 0 Å².